The number of esters is 3. The van der Waals surface area contributed by atoms with Crippen LogP contribution < -0.4 is 4.74 Å². The number of pyridine rings is 1. The van der Waals surface area contributed by atoms with Gasteiger partial charge < -0.3 is 24.1 Å². The van der Waals surface area contributed by atoms with Crippen LogP contribution in [-0.2, 0) is 33.5 Å². The zero-order valence-electron chi connectivity index (χ0n) is 18.6. The average Bonchev–Trinajstić information content (AvgIpc) is 2.77. The molecule has 10 heteroatoms. The van der Waals surface area contributed by atoms with Crippen LogP contribution in [0.15, 0.2) is 42.7 Å². The lowest BCUT2D eigenvalue weighted by atomic mass is 9.91. The van der Waals surface area contributed by atoms with Gasteiger partial charge in [0.1, 0.15) is 5.75 Å². The second-order valence-electron chi connectivity index (χ2n) is 7.41. The highest BCUT2D eigenvalue weighted by molar-refractivity contribution is 8.00. The van der Waals surface area contributed by atoms with Gasteiger partial charge in [0.15, 0.2) is 23.2 Å². The van der Waals surface area contributed by atoms with Crippen molar-refractivity contribution in [3.8, 4) is 16.9 Å². The Bertz CT molecular complexity index is 1030. The van der Waals surface area contributed by atoms with Crippen molar-refractivity contribution in [1.82, 2.24) is 4.98 Å². The SMILES string of the molecule is COc1ccc(-c2ccncc2[C@@]2(O)SC[C@@H](OC(C)=O)[C@H](OC(C)=O)[C@H]2OC(C)=O)cc1. The zero-order chi connectivity index (χ0) is 24.2. The third kappa shape index (κ3) is 5.45. The molecule has 33 heavy (non-hydrogen) atoms. The Balaban J connectivity index is 2.12. The number of carbonyl (C=O) groups is 3. The number of aliphatic hydroxyl groups is 1. The van der Waals surface area contributed by atoms with Crippen LogP contribution in [-0.4, -0.2) is 59.2 Å². The number of thioether (sulfide) groups is 1. The largest absolute Gasteiger partial charge is 0.497 e. The molecule has 1 aliphatic heterocycles. The molecule has 0 amide bonds. The second kappa shape index (κ2) is 10.2. The summed E-state index contributed by atoms with van der Waals surface area (Å²) in [5.41, 5.74) is 1.74. The summed E-state index contributed by atoms with van der Waals surface area (Å²) in [5, 5.41) is 11.9. The van der Waals surface area contributed by atoms with E-state index in [9.17, 15) is 19.5 Å². The lowest BCUT2D eigenvalue weighted by Gasteiger charge is -2.45. The molecule has 2 heterocycles. The van der Waals surface area contributed by atoms with Crippen molar-refractivity contribution < 1.29 is 38.4 Å². The molecule has 9 nitrogen and oxygen atoms in total. The quantitative estimate of drug-likeness (QED) is 0.492. The normalized spacial score (nSPS) is 24.5. The molecule has 2 aromatic rings. The summed E-state index contributed by atoms with van der Waals surface area (Å²) in [6.45, 7) is 3.59. The van der Waals surface area contributed by atoms with E-state index in [0.717, 1.165) is 17.3 Å². The van der Waals surface area contributed by atoms with E-state index in [4.69, 9.17) is 18.9 Å². The first-order valence-electron chi connectivity index (χ1n) is 10.1. The summed E-state index contributed by atoms with van der Waals surface area (Å²) in [6.07, 6.45) is -0.484. The molecule has 4 atom stereocenters. The fraction of sp³-hybridized carbons (Fsp3) is 0.391. The van der Waals surface area contributed by atoms with Gasteiger partial charge in [-0.2, -0.15) is 0 Å². The number of aromatic nitrogens is 1. The van der Waals surface area contributed by atoms with Crippen molar-refractivity contribution in [2.24, 2.45) is 0 Å². The van der Waals surface area contributed by atoms with E-state index in [0.29, 0.717) is 16.9 Å². The maximum Gasteiger partial charge on any atom is 0.303 e. The predicted molar refractivity (Wildman–Crippen MR) is 119 cm³/mol. The molecular formula is C23H25NO8S. The fourth-order valence-corrected chi connectivity index (χ4v) is 5.05. The third-order valence-corrected chi connectivity index (χ3v) is 6.43. The number of carbonyl (C=O) groups excluding carboxylic acids is 3. The van der Waals surface area contributed by atoms with Gasteiger partial charge in [-0.05, 0) is 29.3 Å². The van der Waals surface area contributed by atoms with Gasteiger partial charge in [-0.25, -0.2) is 0 Å². The van der Waals surface area contributed by atoms with E-state index in [1.165, 1.54) is 27.0 Å². The topological polar surface area (TPSA) is 121 Å². The standard InChI is InChI=1S/C23H25NO8S/c1-13(25)30-20-12-33-23(28,22(32-15(3)27)21(20)31-14(2)26)19-11-24-10-9-18(19)16-5-7-17(29-4)8-6-16/h5-11,20-22,28H,12H2,1-4H3/t20-,21+,22-,23-/m1/s1. The van der Waals surface area contributed by atoms with E-state index in [-0.39, 0.29) is 5.75 Å². The number of hydrogen-bond acceptors (Lipinski definition) is 10. The minimum absolute atomic E-state index is 0.0860. The van der Waals surface area contributed by atoms with Crippen molar-refractivity contribution in [3.05, 3.63) is 48.3 Å². The highest BCUT2D eigenvalue weighted by Crippen LogP contribution is 2.48. The van der Waals surface area contributed by atoms with Crippen LogP contribution in [0.1, 0.15) is 26.3 Å². The highest BCUT2D eigenvalue weighted by Gasteiger charge is 2.56. The summed E-state index contributed by atoms with van der Waals surface area (Å²) in [5.74, 6) is -1.22. The van der Waals surface area contributed by atoms with Gasteiger partial charge in [0.05, 0.1) is 7.11 Å². The van der Waals surface area contributed by atoms with Crippen molar-refractivity contribution >= 4 is 29.7 Å². The van der Waals surface area contributed by atoms with Crippen LogP contribution in [0.5, 0.6) is 5.75 Å². The summed E-state index contributed by atoms with van der Waals surface area (Å²) >= 11 is 1.01. The Hall–Kier alpha value is -3.11. The molecule has 1 N–H and O–H groups in total. The number of benzene rings is 1. The molecule has 0 spiro atoms. The molecule has 0 unspecified atom stereocenters. The molecule has 0 radical (unpaired) electrons. The Morgan fingerprint density at radius 2 is 1.64 bits per heavy atom. The van der Waals surface area contributed by atoms with Gasteiger partial charge in [-0.1, -0.05) is 12.1 Å². The number of ether oxygens (including phenoxy) is 4. The van der Waals surface area contributed by atoms with Crippen LogP contribution in [0.25, 0.3) is 11.1 Å². The molecular weight excluding hydrogens is 450 g/mol. The number of hydrogen-bond donors (Lipinski definition) is 1. The van der Waals surface area contributed by atoms with E-state index < -0.39 is 41.2 Å². The van der Waals surface area contributed by atoms with Crippen LogP contribution in [0.3, 0.4) is 0 Å². The first-order valence-corrected chi connectivity index (χ1v) is 11.1. The van der Waals surface area contributed by atoms with E-state index in [1.807, 2.05) is 12.1 Å². The molecule has 0 aliphatic carbocycles. The maximum absolute atomic E-state index is 12.0. The third-order valence-electron chi connectivity index (χ3n) is 5.04. The summed E-state index contributed by atoms with van der Waals surface area (Å²) in [4.78, 5) is 37.8. The van der Waals surface area contributed by atoms with Gasteiger partial charge in [0, 0.05) is 44.5 Å². The first-order chi connectivity index (χ1) is 15.7. The predicted octanol–water partition coefficient (Wildman–Crippen LogP) is 2.44. The van der Waals surface area contributed by atoms with Crippen molar-refractivity contribution in [2.45, 2.75) is 44.0 Å². The number of methoxy groups -OCH3 is 1. The molecule has 0 saturated carbocycles. The second-order valence-corrected chi connectivity index (χ2v) is 8.65. The van der Waals surface area contributed by atoms with Gasteiger partial charge >= 0.3 is 17.9 Å². The van der Waals surface area contributed by atoms with E-state index in [2.05, 4.69) is 4.98 Å². The molecule has 176 valence electrons. The minimum Gasteiger partial charge on any atom is -0.497 e. The molecule has 1 aliphatic rings. The summed E-state index contributed by atoms with van der Waals surface area (Å²) < 4.78 is 21.4. The van der Waals surface area contributed by atoms with Gasteiger partial charge in [-0.3, -0.25) is 19.4 Å². The molecule has 1 saturated heterocycles. The van der Waals surface area contributed by atoms with Gasteiger partial charge in [0.2, 0.25) is 0 Å². The van der Waals surface area contributed by atoms with Crippen LogP contribution >= 0.6 is 11.8 Å². The van der Waals surface area contributed by atoms with Crippen LogP contribution in [0.2, 0.25) is 0 Å². The Kier molecular flexibility index (Phi) is 7.60. The lowest BCUT2D eigenvalue weighted by molar-refractivity contribution is -0.197. The zero-order valence-corrected chi connectivity index (χ0v) is 19.5. The lowest BCUT2D eigenvalue weighted by Crippen LogP contribution is -2.59. The smallest absolute Gasteiger partial charge is 0.303 e. The Morgan fingerprint density at radius 1 is 1.00 bits per heavy atom. The Labute approximate surface area is 195 Å². The van der Waals surface area contributed by atoms with E-state index in [1.54, 1.807) is 31.5 Å². The highest BCUT2D eigenvalue weighted by atomic mass is 32.2. The molecule has 1 aromatic heterocycles. The molecule has 3 rings (SSSR count). The summed E-state index contributed by atoms with van der Waals surface area (Å²) in [7, 11) is 1.56. The van der Waals surface area contributed by atoms with Crippen molar-refractivity contribution in [2.75, 3.05) is 12.9 Å². The molecule has 1 fully saturated rings. The molecule has 1 aromatic carbocycles. The molecule has 0 bridgehead atoms. The monoisotopic (exact) mass is 475 g/mol. The van der Waals surface area contributed by atoms with Crippen LogP contribution in [0.4, 0.5) is 0 Å². The van der Waals surface area contributed by atoms with Crippen molar-refractivity contribution in [3.63, 3.8) is 0 Å². The van der Waals surface area contributed by atoms with E-state index >= 15 is 0 Å². The Morgan fingerprint density at radius 3 is 2.21 bits per heavy atom. The fourth-order valence-electron chi connectivity index (χ4n) is 3.71. The average molecular weight is 476 g/mol. The minimum atomic E-state index is -1.86. The summed E-state index contributed by atoms with van der Waals surface area (Å²) in [6, 6.07) is 8.92. The number of nitrogens with zero attached hydrogens (tertiary/aromatic N) is 1. The number of rotatable bonds is 6. The van der Waals surface area contributed by atoms with Crippen LogP contribution in [0, 0.1) is 0 Å². The van der Waals surface area contributed by atoms with Gasteiger partial charge in [-0.15, -0.1) is 11.8 Å². The van der Waals surface area contributed by atoms with Crippen molar-refractivity contribution in [1.29, 1.82) is 0 Å². The maximum atomic E-state index is 12.0. The van der Waals surface area contributed by atoms with Gasteiger partial charge in [0.25, 0.3) is 0 Å². The first kappa shape index (κ1) is 24.5.